The van der Waals surface area contributed by atoms with Gasteiger partial charge in [-0.15, -0.1) is 5.10 Å². The molecule has 1 aromatic heterocycles. The Labute approximate surface area is 104 Å². The Morgan fingerprint density at radius 2 is 2.00 bits per heavy atom. The third-order valence-corrected chi connectivity index (χ3v) is 2.99. The number of hydrogen-bond donors (Lipinski definition) is 2. The van der Waals surface area contributed by atoms with Crippen LogP contribution in [0.1, 0.15) is 11.4 Å². The Morgan fingerprint density at radius 3 is 2.50 bits per heavy atom. The van der Waals surface area contributed by atoms with Gasteiger partial charge in [0.1, 0.15) is 11.6 Å². The molecule has 2 aromatic rings. The molecule has 18 heavy (non-hydrogen) atoms. The van der Waals surface area contributed by atoms with Crippen molar-refractivity contribution in [2.45, 2.75) is 11.6 Å². The summed E-state index contributed by atoms with van der Waals surface area (Å²) in [6.45, 7) is 0. The highest BCUT2D eigenvalue weighted by Crippen LogP contribution is 2.13. The Balaban J connectivity index is 2.16. The van der Waals surface area contributed by atoms with Crippen LogP contribution >= 0.6 is 0 Å². The molecule has 0 saturated carbocycles. The van der Waals surface area contributed by atoms with Crippen molar-refractivity contribution < 1.29 is 13.2 Å². The molecule has 8 heteroatoms. The Bertz CT molecular complexity index is 633. The average Bonchev–Trinajstić information content (AvgIpc) is 2.78. The molecule has 0 atom stereocenters. The molecule has 2 rings (SSSR count). The Morgan fingerprint density at radius 1 is 1.33 bits per heavy atom. The second-order valence-corrected chi connectivity index (χ2v) is 5.09. The lowest BCUT2D eigenvalue weighted by molar-refractivity contribution is 0.414. The quantitative estimate of drug-likeness (QED) is 0.814. The summed E-state index contributed by atoms with van der Waals surface area (Å²) in [6, 6.07) is 7.34. The molecule has 96 valence electrons. The minimum absolute atomic E-state index is 0.397. The van der Waals surface area contributed by atoms with Gasteiger partial charge in [-0.3, -0.25) is 5.10 Å². The molecule has 0 fully saturated rings. The van der Waals surface area contributed by atoms with Crippen LogP contribution in [-0.2, 0) is 16.4 Å². The second kappa shape index (κ2) is 4.75. The molecule has 3 N–H and O–H groups in total. The fourth-order valence-corrected chi connectivity index (χ4v) is 1.83. The number of aromatic nitrogens is 3. The van der Waals surface area contributed by atoms with E-state index in [-0.39, 0.29) is 0 Å². The van der Waals surface area contributed by atoms with E-state index in [1.54, 1.807) is 7.11 Å². The monoisotopic (exact) mass is 268 g/mol. The Hall–Kier alpha value is -1.93. The summed E-state index contributed by atoms with van der Waals surface area (Å²) in [5, 5.41) is 10.6. The maximum atomic E-state index is 11.0. The van der Waals surface area contributed by atoms with Gasteiger partial charge in [-0.05, 0) is 17.7 Å². The predicted molar refractivity (Wildman–Crippen MR) is 63.6 cm³/mol. The summed E-state index contributed by atoms with van der Waals surface area (Å²) < 4.78 is 27.0. The highest BCUT2D eigenvalue weighted by Gasteiger charge is 2.14. The van der Waals surface area contributed by atoms with Gasteiger partial charge in [-0.2, -0.15) is 0 Å². The Kier molecular flexibility index (Phi) is 3.30. The molecule has 0 bridgehead atoms. The van der Waals surface area contributed by atoms with Gasteiger partial charge in [0.05, 0.1) is 7.11 Å². The maximum Gasteiger partial charge on any atom is 0.282 e. The molecule has 0 aliphatic heterocycles. The number of hydrogen-bond acceptors (Lipinski definition) is 5. The van der Waals surface area contributed by atoms with E-state index in [1.807, 2.05) is 24.3 Å². The van der Waals surface area contributed by atoms with E-state index < -0.39 is 15.2 Å². The number of ether oxygens (including phenoxy) is 1. The molecule has 0 saturated heterocycles. The van der Waals surface area contributed by atoms with Crippen LogP contribution in [0.2, 0.25) is 0 Å². The zero-order valence-corrected chi connectivity index (χ0v) is 10.4. The number of methoxy groups -OCH3 is 1. The van der Waals surface area contributed by atoms with Gasteiger partial charge < -0.3 is 4.74 Å². The van der Waals surface area contributed by atoms with Gasteiger partial charge in [0, 0.05) is 6.42 Å². The highest BCUT2D eigenvalue weighted by atomic mass is 32.2. The molecule has 0 unspecified atom stereocenters. The third-order valence-electron chi connectivity index (χ3n) is 2.30. The minimum atomic E-state index is -3.86. The second-order valence-electron chi connectivity index (χ2n) is 3.63. The van der Waals surface area contributed by atoms with E-state index >= 15 is 0 Å². The van der Waals surface area contributed by atoms with E-state index in [0.717, 1.165) is 11.3 Å². The highest BCUT2D eigenvalue weighted by molar-refractivity contribution is 7.89. The molecule has 1 heterocycles. The van der Waals surface area contributed by atoms with E-state index in [1.165, 1.54) is 0 Å². The van der Waals surface area contributed by atoms with Crippen LogP contribution in [0.4, 0.5) is 0 Å². The lowest BCUT2D eigenvalue weighted by Crippen LogP contribution is -2.13. The summed E-state index contributed by atoms with van der Waals surface area (Å²) in [5.41, 5.74) is 0.952. The number of nitrogens with zero attached hydrogens (tertiary/aromatic N) is 2. The summed E-state index contributed by atoms with van der Waals surface area (Å²) in [4.78, 5) is 3.81. The van der Waals surface area contributed by atoms with Crippen LogP contribution < -0.4 is 9.88 Å². The molecular formula is C10H12N4O3S. The van der Waals surface area contributed by atoms with Crippen molar-refractivity contribution in [3.8, 4) is 5.75 Å². The first-order valence-corrected chi connectivity index (χ1v) is 6.60. The van der Waals surface area contributed by atoms with Crippen molar-refractivity contribution in [2.75, 3.05) is 7.11 Å². The molecule has 0 aliphatic rings. The number of primary sulfonamides is 1. The SMILES string of the molecule is COc1ccc(Cc2nc(S(N)(=O)=O)n[nH]2)cc1. The van der Waals surface area contributed by atoms with E-state index in [0.29, 0.717) is 12.2 Å². The molecule has 7 nitrogen and oxygen atoms in total. The lowest BCUT2D eigenvalue weighted by atomic mass is 10.1. The average molecular weight is 268 g/mol. The zero-order chi connectivity index (χ0) is 13.2. The number of aromatic amines is 1. The van der Waals surface area contributed by atoms with Crippen LogP contribution in [0.3, 0.4) is 0 Å². The standard InChI is InChI=1S/C10H12N4O3S/c1-17-8-4-2-7(3-5-8)6-9-12-10(14-13-9)18(11,15)16/h2-5H,6H2,1H3,(H2,11,15,16)(H,12,13,14). The number of sulfonamides is 1. The van der Waals surface area contributed by atoms with E-state index in [9.17, 15) is 8.42 Å². The van der Waals surface area contributed by atoms with Gasteiger partial charge in [-0.25, -0.2) is 18.5 Å². The van der Waals surface area contributed by atoms with Gasteiger partial charge in [-0.1, -0.05) is 12.1 Å². The maximum absolute atomic E-state index is 11.0. The van der Waals surface area contributed by atoms with Crippen molar-refractivity contribution in [3.05, 3.63) is 35.7 Å². The summed E-state index contributed by atoms with van der Waals surface area (Å²) in [5.74, 6) is 1.19. The van der Waals surface area contributed by atoms with E-state index in [2.05, 4.69) is 15.2 Å². The predicted octanol–water partition coefficient (Wildman–Crippen LogP) is 0.0515. The van der Waals surface area contributed by atoms with Crippen LogP contribution in [0, 0.1) is 0 Å². The number of nitrogens with two attached hydrogens (primary N) is 1. The van der Waals surface area contributed by atoms with Crippen LogP contribution in [0.5, 0.6) is 5.75 Å². The first-order valence-electron chi connectivity index (χ1n) is 5.06. The normalized spacial score (nSPS) is 11.4. The molecular weight excluding hydrogens is 256 g/mol. The van der Waals surface area contributed by atoms with Crippen molar-refractivity contribution >= 4 is 10.0 Å². The fourth-order valence-electron chi connectivity index (χ4n) is 1.42. The van der Waals surface area contributed by atoms with Crippen molar-refractivity contribution in [2.24, 2.45) is 5.14 Å². The third kappa shape index (κ3) is 2.84. The van der Waals surface area contributed by atoms with Crippen LogP contribution in [-0.4, -0.2) is 30.7 Å². The van der Waals surface area contributed by atoms with Gasteiger partial charge >= 0.3 is 0 Å². The molecule has 0 spiro atoms. The summed E-state index contributed by atoms with van der Waals surface area (Å²) >= 11 is 0. The summed E-state index contributed by atoms with van der Waals surface area (Å²) in [6.07, 6.45) is 0.437. The van der Waals surface area contributed by atoms with Crippen molar-refractivity contribution in [3.63, 3.8) is 0 Å². The van der Waals surface area contributed by atoms with E-state index in [4.69, 9.17) is 9.88 Å². The molecule has 0 radical (unpaired) electrons. The smallest absolute Gasteiger partial charge is 0.282 e. The molecule has 0 amide bonds. The zero-order valence-electron chi connectivity index (χ0n) is 9.62. The number of nitrogens with one attached hydrogen (secondary N) is 1. The van der Waals surface area contributed by atoms with Crippen molar-refractivity contribution in [1.82, 2.24) is 15.2 Å². The van der Waals surface area contributed by atoms with Crippen LogP contribution in [0.25, 0.3) is 0 Å². The number of H-pyrrole nitrogens is 1. The molecule has 1 aromatic carbocycles. The van der Waals surface area contributed by atoms with Gasteiger partial charge in [0.25, 0.3) is 15.2 Å². The minimum Gasteiger partial charge on any atom is -0.497 e. The van der Waals surface area contributed by atoms with Crippen LogP contribution in [0.15, 0.2) is 29.4 Å². The van der Waals surface area contributed by atoms with Gasteiger partial charge in [0.2, 0.25) is 0 Å². The molecule has 0 aliphatic carbocycles. The summed E-state index contributed by atoms with van der Waals surface area (Å²) in [7, 11) is -2.27. The first kappa shape index (κ1) is 12.5. The fraction of sp³-hybridized carbons (Fsp3) is 0.200. The number of benzene rings is 1. The first-order chi connectivity index (χ1) is 8.49. The number of rotatable bonds is 4. The van der Waals surface area contributed by atoms with Crippen molar-refractivity contribution in [1.29, 1.82) is 0 Å². The lowest BCUT2D eigenvalue weighted by Gasteiger charge is -2.01. The van der Waals surface area contributed by atoms with Gasteiger partial charge in [0.15, 0.2) is 0 Å². The largest absolute Gasteiger partial charge is 0.497 e. The topological polar surface area (TPSA) is 111 Å².